The highest BCUT2D eigenvalue weighted by atomic mass is 16.6. The van der Waals surface area contributed by atoms with Gasteiger partial charge in [0.2, 0.25) is 0 Å². The maximum absolute atomic E-state index is 5.83. The summed E-state index contributed by atoms with van der Waals surface area (Å²) in [6.45, 7) is 8.51. The Morgan fingerprint density at radius 3 is 2.61 bits per heavy atom. The van der Waals surface area contributed by atoms with Crippen LogP contribution in [0.4, 0.5) is 5.82 Å². The van der Waals surface area contributed by atoms with Crippen LogP contribution >= 0.6 is 0 Å². The lowest BCUT2D eigenvalue weighted by molar-refractivity contribution is 0.160. The van der Waals surface area contributed by atoms with E-state index in [1.165, 1.54) is 0 Å². The van der Waals surface area contributed by atoms with E-state index in [2.05, 4.69) is 25.2 Å². The molecule has 1 aliphatic heterocycles. The first-order chi connectivity index (χ1) is 13.8. The third-order valence-corrected chi connectivity index (χ3v) is 4.68. The third kappa shape index (κ3) is 6.49. The van der Waals surface area contributed by atoms with Gasteiger partial charge in [-0.15, -0.1) is 5.10 Å². The molecule has 0 spiro atoms. The molecule has 0 bridgehead atoms. The lowest BCUT2D eigenvalue weighted by Gasteiger charge is -2.35. The Morgan fingerprint density at radius 2 is 1.89 bits per heavy atom. The number of hydrogen-bond acceptors (Lipinski definition) is 7. The minimum absolute atomic E-state index is 0.578. The predicted octanol–water partition coefficient (Wildman–Crippen LogP) is 2.83. The molecule has 7 heteroatoms. The van der Waals surface area contributed by atoms with Gasteiger partial charge in [0.25, 0.3) is 0 Å². The first-order valence-electron chi connectivity index (χ1n) is 9.98. The van der Waals surface area contributed by atoms with E-state index in [9.17, 15) is 0 Å². The average molecular weight is 383 g/mol. The monoisotopic (exact) mass is 383 g/mol. The van der Waals surface area contributed by atoms with Gasteiger partial charge in [-0.25, -0.2) is 0 Å². The molecular formula is C21H29N5O2. The summed E-state index contributed by atoms with van der Waals surface area (Å²) in [6.07, 6.45) is 5.62. The summed E-state index contributed by atoms with van der Waals surface area (Å²) in [6, 6.07) is 11.9. The number of rotatable bonds is 10. The molecule has 1 aromatic carbocycles. The quantitative estimate of drug-likeness (QED) is 0.357. The second-order valence-corrected chi connectivity index (χ2v) is 6.69. The number of oxime groups is 1. The molecule has 1 aliphatic rings. The Morgan fingerprint density at radius 1 is 1.07 bits per heavy atom. The van der Waals surface area contributed by atoms with Gasteiger partial charge in [0.1, 0.15) is 12.4 Å². The highest BCUT2D eigenvalue weighted by Gasteiger charge is 2.17. The van der Waals surface area contributed by atoms with E-state index in [0.717, 1.165) is 69.3 Å². The maximum atomic E-state index is 5.83. The van der Waals surface area contributed by atoms with Crippen LogP contribution in [0.25, 0.3) is 0 Å². The lowest BCUT2D eigenvalue weighted by Crippen LogP contribution is -2.47. The standard InChI is InChI=1S/C21H29N5O2/c1-2-28-23-18-19-7-9-20(10-8-19)27-17-4-3-12-25-13-15-26(16-14-25)21-6-5-11-22-24-21/h5-11,18H,2-4,12-17H2,1H3/b23-18+. The van der Waals surface area contributed by atoms with Gasteiger partial charge in [-0.05, 0) is 68.3 Å². The van der Waals surface area contributed by atoms with E-state index in [0.29, 0.717) is 6.61 Å². The van der Waals surface area contributed by atoms with Crippen molar-refractivity contribution >= 4 is 12.0 Å². The number of unbranched alkanes of at least 4 members (excludes halogenated alkanes) is 1. The number of hydrogen-bond donors (Lipinski definition) is 0. The Kier molecular flexibility index (Phi) is 8.06. The van der Waals surface area contributed by atoms with Gasteiger partial charge >= 0.3 is 0 Å². The Bertz CT molecular complexity index is 700. The fraction of sp³-hybridized carbons (Fsp3) is 0.476. The molecular weight excluding hydrogens is 354 g/mol. The molecule has 3 rings (SSSR count). The predicted molar refractivity (Wildman–Crippen MR) is 111 cm³/mol. The highest BCUT2D eigenvalue weighted by molar-refractivity contribution is 5.79. The van der Waals surface area contributed by atoms with Gasteiger partial charge in [-0.3, -0.25) is 4.90 Å². The van der Waals surface area contributed by atoms with Crippen LogP contribution in [0.3, 0.4) is 0 Å². The minimum Gasteiger partial charge on any atom is -0.494 e. The number of benzene rings is 1. The van der Waals surface area contributed by atoms with Crippen molar-refractivity contribution in [2.75, 3.05) is 50.8 Å². The zero-order chi connectivity index (χ0) is 19.4. The summed E-state index contributed by atoms with van der Waals surface area (Å²) >= 11 is 0. The van der Waals surface area contributed by atoms with Gasteiger partial charge in [-0.2, -0.15) is 5.10 Å². The van der Waals surface area contributed by atoms with Crippen LogP contribution in [0, 0.1) is 0 Å². The maximum Gasteiger partial charge on any atom is 0.151 e. The van der Waals surface area contributed by atoms with Crippen molar-refractivity contribution in [2.24, 2.45) is 5.16 Å². The van der Waals surface area contributed by atoms with Gasteiger partial charge in [-0.1, -0.05) is 5.16 Å². The van der Waals surface area contributed by atoms with Crippen molar-refractivity contribution in [1.82, 2.24) is 15.1 Å². The van der Waals surface area contributed by atoms with Gasteiger partial charge < -0.3 is 14.5 Å². The van der Waals surface area contributed by atoms with Crippen LogP contribution < -0.4 is 9.64 Å². The van der Waals surface area contributed by atoms with Crippen molar-refractivity contribution in [1.29, 1.82) is 0 Å². The number of anilines is 1. The van der Waals surface area contributed by atoms with E-state index >= 15 is 0 Å². The smallest absolute Gasteiger partial charge is 0.151 e. The number of piperazine rings is 1. The molecule has 0 N–H and O–H groups in total. The summed E-state index contributed by atoms with van der Waals surface area (Å²) in [4.78, 5) is 9.78. The van der Waals surface area contributed by atoms with Crippen molar-refractivity contribution in [3.63, 3.8) is 0 Å². The van der Waals surface area contributed by atoms with E-state index in [-0.39, 0.29) is 0 Å². The second kappa shape index (κ2) is 11.2. The molecule has 1 fully saturated rings. The second-order valence-electron chi connectivity index (χ2n) is 6.69. The van der Waals surface area contributed by atoms with Gasteiger partial charge in [0, 0.05) is 32.4 Å². The number of nitrogens with zero attached hydrogens (tertiary/aromatic N) is 5. The van der Waals surface area contributed by atoms with E-state index in [4.69, 9.17) is 9.57 Å². The Hall–Kier alpha value is -2.67. The van der Waals surface area contributed by atoms with E-state index < -0.39 is 0 Å². The fourth-order valence-electron chi connectivity index (χ4n) is 3.11. The largest absolute Gasteiger partial charge is 0.494 e. The first-order valence-corrected chi connectivity index (χ1v) is 9.98. The van der Waals surface area contributed by atoms with Crippen molar-refractivity contribution < 1.29 is 9.57 Å². The summed E-state index contributed by atoms with van der Waals surface area (Å²) in [7, 11) is 0. The summed E-state index contributed by atoms with van der Waals surface area (Å²) < 4.78 is 5.83. The molecule has 2 aromatic rings. The molecule has 0 unspecified atom stereocenters. The molecule has 0 radical (unpaired) electrons. The van der Waals surface area contributed by atoms with Crippen LogP contribution in [0.5, 0.6) is 5.75 Å². The van der Waals surface area contributed by atoms with Crippen molar-refractivity contribution in [3.05, 3.63) is 48.2 Å². The zero-order valence-electron chi connectivity index (χ0n) is 16.5. The number of ether oxygens (including phenoxy) is 1. The molecule has 1 aromatic heterocycles. The zero-order valence-corrected chi connectivity index (χ0v) is 16.5. The Labute approximate surface area is 167 Å². The molecule has 0 atom stereocenters. The van der Waals surface area contributed by atoms with Crippen LogP contribution in [-0.2, 0) is 4.84 Å². The molecule has 0 saturated carbocycles. The lowest BCUT2D eigenvalue weighted by atomic mass is 10.2. The summed E-state index contributed by atoms with van der Waals surface area (Å²) in [5.74, 6) is 1.87. The first kappa shape index (κ1) is 20.1. The number of aromatic nitrogens is 2. The molecule has 0 amide bonds. The topological polar surface area (TPSA) is 63.1 Å². The van der Waals surface area contributed by atoms with Gasteiger partial charge in [0.15, 0.2) is 5.82 Å². The highest BCUT2D eigenvalue weighted by Crippen LogP contribution is 2.13. The van der Waals surface area contributed by atoms with Crippen LogP contribution in [0.15, 0.2) is 47.8 Å². The molecule has 150 valence electrons. The molecule has 0 aliphatic carbocycles. The molecule has 28 heavy (non-hydrogen) atoms. The summed E-state index contributed by atoms with van der Waals surface area (Å²) in [5.41, 5.74) is 1.00. The summed E-state index contributed by atoms with van der Waals surface area (Å²) in [5, 5.41) is 12.0. The SMILES string of the molecule is CCO/N=C/c1ccc(OCCCCN2CCN(c3cccnn3)CC2)cc1. The minimum atomic E-state index is 0.578. The van der Waals surface area contributed by atoms with Crippen LogP contribution in [0.2, 0.25) is 0 Å². The van der Waals surface area contributed by atoms with E-state index in [1.54, 1.807) is 12.4 Å². The van der Waals surface area contributed by atoms with E-state index in [1.807, 2.05) is 43.3 Å². The fourth-order valence-corrected chi connectivity index (χ4v) is 3.11. The third-order valence-electron chi connectivity index (χ3n) is 4.68. The van der Waals surface area contributed by atoms with Crippen LogP contribution in [0.1, 0.15) is 25.3 Å². The van der Waals surface area contributed by atoms with Gasteiger partial charge in [0.05, 0.1) is 12.8 Å². The molecule has 2 heterocycles. The Balaban J connectivity index is 1.27. The molecule has 1 saturated heterocycles. The normalized spacial score (nSPS) is 15.1. The van der Waals surface area contributed by atoms with Crippen molar-refractivity contribution in [3.8, 4) is 5.75 Å². The average Bonchev–Trinajstić information content (AvgIpc) is 2.76. The molecule has 7 nitrogen and oxygen atoms in total. The van der Waals surface area contributed by atoms with Crippen LogP contribution in [-0.4, -0.2) is 67.2 Å². The van der Waals surface area contributed by atoms with Crippen molar-refractivity contribution in [2.45, 2.75) is 19.8 Å².